The summed E-state index contributed by atoms with van der Waals surface area (Å²) in [5.41, 5.74) is 2.95. The zero-order chi connectivity index (χ0) is 17.2. The van der Waals surface area contributed by atoms with Crippen molar-refractivity contribution in [3.05, 3.63) is 66.0 Å². The molecule has 0 aliphatic carbocycles. The molecule has 1 saturated heterocycles. The maximum Gasteiger partial charge on any atom is 0.276 e. The Morgan fingerprint density at radius 1 is 1.20 bits per heavy atom. The van der Waals surface area contributed by atoms with Gasteiger partial charge in [0, 0.05) is 18.2 Å². The summed E-state index contributed by atoms with van der Waals surface area (Å²) in [6, 6.07) is 14.0. The average molecular weight is 334 g/mol. The molecular formula is C19H18N4O2. The second-order valence-corrected chi connectivity index (χ2v) is 6.22. The van der Waals surface area contributed by atoms with E-state index in [9.17, 15) is 4.79 Å². The van der Waals surface area contributed by atoms with E-state index in [4.69, 9.17) is 4.42 Å². The summed E-state index contributed by atoms with van der Waals surface area (Å²) in [5, 5.41) is 8.49. The molecule has 2 aromatic heterocycles. The molecule has 3 aromatic rings. The standard InChI is InChI=1S/C19H18N4O2/c1-13-9-10-23(13)19(24)17-12-25-18(20-17)11-15-7-8-16(22-21-15)14-5-3-2-4-6-14/h2-8,12-13H,9-11H2,1H3/t13-/m0/s1. The van der Waals surface area contributed by atoms with E-state index < -0.39 is 0 Å². The first kappa shape index (κ1) is 15.5. The second kappa shape index (κ2) is 6.47. The number of nitrogens with zero attached hydrogens (tertiary/aromatic N) is 4. The first-order valence-electron chi connectivity index (χ1n) is 8.34. The lowest BCUT2D eigenvalue weighted by molar-refractivity contribution is 0.0496. The number of hydrogen-bond acceptors (Lipinski definition) is 5. The van der Waals surface area contributed by atoms with Crippen LogP contribution in [0.15, 0.2) is 53.1 Å². The Morgan fingerprint density at radius 3 is 2.68 bits per heavy atom. The van der Waals surface area contributed by atoms with Gasteiger partial charge in [0.25, 0.3) is 5.91 Å². The lowest BCUT2D eigenvalue weighted by Gasteiger charge is -2.38. The van der Waals surface area contributed by atoms with Crippen LogP contribution in [0.3, 0.4) is 0 Å². The van der Waals surface area contributed by atoms with Gasteiger partial charge < -0.3 is 9.32 Å². The average Bonchev–Trinajstić information content (AvgIpc) is 3.10. The van der Waals surface area contributed by atoms with Crippen LogP contribution in [0, 0.1) is 0 Å². The van der Waals surface area contributed by atoms with Crippen molar-refractivity contribution in [3.63, 3.8) is 0 Å². The van der Waals surface area contributed by atoms with Gasteiger partial charge >= 0.3 is 0 Å². The van der Waals surface area contributed by atoms with Gasteiger partial charge in [0.1, 0.15) is 6.26 Å². The van der Waals surface area contributed by atoms with E-state index in [2.05, 4.69) is 15.2 Å². The maximum absolute atomic E-state index is 12.3. The molecule has 3 heterocycles. The van der Waals surface area contributed by atoms with Gasteiger partial charge in [-0.15, -0.1) is 0 Å². The molecule has 1 aliphatic rings. The molecule has 1 aliphatic heterocycles. The quantitative estimate of drug-likeness (QED) is 0.733. The highest BCUT2D eigenvalue weighted by atomic mass is 16.3. The van der Waals surface area contributed by atoms with Crippen LogP contribution < -0.4 is 0 Å². The second-order valence-electron chi connectivity index (χ2n) is 6.22. The number of likely N-dealkylation sites (tertiary alicyclic amines) is 1. The zero-order valence-electron chi connectivity index (χ0n) is 13.9. The van der Waals surface area contributed by atoms with Gasteiger partial charge in [-0.25, -0.2) is 4.98 Å². The van der Waals surface area contributed by atoms with Crippen molar-refractivity contribution in [1.29, 1.82) is 0 Å². The number of carbonyl (C=O) groups is 1. The number of carbonyl (C=O) groups excluding carboxylic acids is 1. The minimum Gasteiger partial charge on any atom is -0.448 e. The van der Waals surface area contributed by atoms with Gasteiger partial charge in [-0.1, -0.05) is 30.3 Å². The molecule has 1 atom stereocenters. The van der Waals surface area contributed by atoms with Crippen LogP contribution >= 0.6 is 0 Å². The van der Waals surface area contributed by atoms with Crippen LogP contribution in [0.25, 0.3) is 11.3 Å². The minimum atomic E-state index is -0.0701. The van der Waals surface area contributed by atoms with Crippen molar-refractivity contribution in [1.82, 2.24) is 20.1 Å². The van der Waals surface area contributed by atoms with E-state index in [0.29, 0.717) is 18.0 Å². The first-order valence-corrected chi connectivity index (χ1v) is 8.34. The SMILES string of the molecule is C[C@H]1CCN1C(=O)c1coc(Cc2ccc(-c3ccccc3)nn2)n1. The molecule has 25 heavy (non-hydrogen) atoms. The number of rotatable bonds is 4. The third-order valence-electron chi connectivity index (χ3n) is 4.47. The topological polar surface area (TPSA) is 72.1 Å². The van der Waals surface area contributed by atoms with Crippen molar-refractivity contribution in [2.75, 3.05) is 6.54 Å². The van der Waals surface area contributed by atoms with Crippen LogP contribution in [0.1, 0.15) is 35.4 Å². The summed E-state index contributed by atoms with van der Waals surface area (Å²) in [4.78, 5) is 18.4. The summed E-state index contributed by atoms with van der Waals surface area (Å²) in [6.07, 6.45) is 2.87. The molecule has 1 amide bonds. The number of amides is 1. The first-order chi connectivity index (χ1) is 12.2. The Kier molecular flexibility index (Phi) is 4.01. The van der Waals surface area contributed by atoms with Crippen molar-refractivity contribution < 1.29 is 9.21 Å². The van der Waals surface area contributed by atoms with Crippen molar-refractivity contribution in [3.8, 4) is 11.3 Å². The fourth-order valence-electron chi connectivity index (χ4n) is 2.83. The monoisotopic (exact) mass is 334 g/mol. The number of hydrogen-bond donors (Lipinski definition) is 0. The Morgan fingerprint density at radius 2 is 2.04 bits per heavy atom. The third-order valence-corrected chi connectivity index (χ3v) is 4.47. The number of oxazole rings is 1. The summed E-state index contributed by atoms with van der Waals surface area (Å²) in [7, 11) is 0. The Bertz CT molecular complexity index is 874. The summed E-state index contributed by atoms with van der Waals surface area (Å²) < 4.78 is 5.43. The predicted molar refractivity (Wildman–Crippen MR) is 91.9 cm³/mol. The molecular weight excluding hydrogens is 316 g/mol. The molecule has 0 saturated carbocycles. The Labute approximate surface area is 145 Å². The molecule has 4 rings (SSSR count). The fourth-order valence-corrected chi connectivity index (χ4v) is 2.83. The highest BCUT2D eigenvalue weighted by Gasteiger charge is 2.30. The lowest BCUT2D eigenvalue weighted by Crippen LogP contribution is -2.49. The van der Waals surface area contributed by atoms with Crippen LogP contribution in [-0.4, -0.2) is 38.6 Å². The van der Waals surface area contributed by atoms with Crippen LogP contribution in [0.4, 0.5) is 0 Å². The molecule has 0 bridgehead atoms. The molecule has 0 unspecified atom stereocenters. The smallest absolute Gasteiger partial charge is 0.276 e. The summed E-state index contributed by atoms with van der Waals surface area (Å²) in [6.45, 7) is 2.82. The number of aromatic nitrogens is 3. The highest BCUT2D eigenvalue weighted by molar-refractivity contribution is 5.92. The highest BCUT2D eigenvalue weighted by Crippen LogP contribution is 2.20. The fraction of sp³-hybridized carbons (Fsp3) is 0.263. The van der Waals surface area contributed by atoms with E-state index in [1.165, 1.54) is 6.26 Å². The van der Waals surface area contributed by atoms with E-state index in [1.54, 1.807) is 4.90 Å². The molecule has 0 radical (unpaired) electrons. The van der Waals surface area contributed by atoms with Gasteiger partial charge in [-0.3, -0.25) is 4.79 Å². The van der Waals surface area contributed by atoms with Gasteiger partial charge in [0.05, 0.1) is 17.8 Å². The van der Waals surface area contributed by atoms with Gasteiger partial charge in [0.15, 0.2) is 5.69 Å². The lowest BCUT2D eigenvalue weighted by atomic mass is 10.1. The van der Waals surface area contributed by atoms with Crippen LogP contribution in [0.5, 0.6) is 0 Å². The van der Waals surface area contributed by atoms with Crippen LogP contribution in [0.2, 0.25) is 0 Å². The maximum atomic E-state index is 12.3. The largest absolute Gasteiger partial charge is 0.448 e. The summed E-state index contributed by atoms with van der Waals surface area (Å²) >= 11 is 0. The van der Waals surface area contributed by atoms with E-state index in [-0.39, 0.29) is 11.9 Å². The molecule has 126 valence electrons. The summed E-state index contributed by atoms with van der Waals surface area (Å²) in [5.74, 6) is 0.401. The van der Waals surface area contributed by atoms with Crippen molar-refractivity contribution in [2.45, 2.75) is 25.8 Å². The molecule has 6 heteroatoms. The minimum absolute atomic E-state index is 0.0701. The molecule has 0 spiro atoms. The van der Waals surface area contributed by atoms with Gasteiger partial charge in [0.2, 0.25) is 5.89 Å². The Balaban J connectivity index is 1.45. The van der Waals surface area contributed by atoms with Gasteiger partial charge in [-0.05, 0) is 25.5 Å². The predicted octanol–water partition coefficient (Wildman–Crippen LogP) is 2.96. The van der Waals surface area contributed by atoms with Gasteiger partial charge in [-0.2, -0.15) is 10.2 Å². The molecule has 1 fully saturated rings. The van der Waals surface area contributed by atoms with Crippen LogP contribution in [-0.2, 0) is 6.42 Å². The third kappa shape index (κ3) is 3.15. The Hall–Kier alpha value is -3.02. The zero-order valence-corrected chi connectivity index (χ0v) is 13.9. The molecule has 6 nitrogen and oxygen atoms in total. The number of benzene rings is 1. The van der Waals surface area contributed by atoms with E-state index >= 15 is 0 Å². The van der Waals surface area contributed by atoms with E-state index in [0.717, 1.165) is 29.9 Å². The van der Waals surface area contributed by atoms with Crippen molar-refractivity contribution >= 4 is 5.91 Å². The molecule has 0 N–H and O–H groups in total. The van der Waals surface area contributed by atoms with Crippen molar-refractivity contribution in [2.24, 2.45) is 0 Å². The molecule has 1 aromatic carbocycles. The van der Waals surface area contributed by atoms with E-state index in [1.807, 2.05) is 49.4 Å². The normalized spacial score (nSPS) is 16.5.